The van der Waals surface area contributed by atoms with Gasteiger partial charge in [-0.2, -0.15) is 5.10 Å². The number of phenols is 2. The van der Waals surface area contributed by atoms with E-state index in [-0.39, 0.29) is 11.5 Å². The summed E-state index contributed by atoms with van der Waals surface area (Å²) in [5.41, 5.74) is 0.623. The van der Waals surface area contributed by atoms with E-state index in [0.717, 1.165) is 12.8 Å². The summed E-state index contributed by atoms with van der Waals surface area (Å²) < 4.78 is 0. The number of aromatic hydroxyl groups is 2. The molecule has 18 heavy (non-hydrogen) atoms. The number of hydrogen-bond donors (Lipinski definition) is 2. The molecule has 2 atom stereocenters. The Labute approximate surface area is 108 Å². The van der Waals surface area contributed by atoms with E-state index in [9.17, 15) is 10.2 Å². The Balaban J connectivity index is 2.14. The minimum Gasteiger partial charge on any atom is -0.508 e. The molecule has 4 heteroatoms. The zero-order chi connectivity index (χ0) is 13.1. The third-order valence-electron chi connectivity index (χ3n) is 3.49. The molecular formula is C14H20N2O2. The van der Waals surface area contributed by atoms with Gasteiger partial charge < -0.3 is 10.2 Å². The van der Waals surface area contributed by atoms with Gasteiger partial charge in [-0.25, -0.2) is 0 Å². The predicted octanol–water partition coefficient (Wildman–Crippen LogP) is 2.69. The average Bonchev–Trinajstić information content (AvgIpc) is 2.31. The second-order valence-corrected chi connectivity index (χ2v) is 5.00. The van der Waals surface area contributed by atoms with Crippen molar-refractivity contribution in [2.24, 2.45) is 5.10 Å². The first-order valence-corrected chi connectivity index (χ1v) is 6.42. The highest BCUT2D eigenvalue weighted by molar-refractivity contribution is 5.83. The fourth-order valence-corrected chi connectivity index (χ4v) is 2.41. The lowest BCUT2D eigenvalue weighted by atomic mass is 10.00. The summed E-state index contributed by atoms with van der Waals surface area (Å²) in [7, 11) is 0. The molecule has 1 heterocycles. The Bertz CT molecular complexity index is 435. The smallest absolute Gasteiger partial charge is 0.128 e. The molecule has 1 saturated heterocycles. The number of phenolic OH excluding ortho intramolecular Hbond substituents is 2. The van der Waals surface area contributed by atoms with Crippen LogP contribution >= 0.6 is 0 Å². The van der Waals surface area contributed by atoms with Crippen molar-refractivity contribution in [3.05, 3.63) is 23.8 Å². The van der Waals surface area contributed by atoms with Crippen LogP contribution in [0.25, 0.3) is 0 Å². The van der Waals surface area contributed by atoms with Gasteiger partial charge in [-0.1, -0.05) is 0 Å². The molecule has 2 N–H and O–H groups in total. The molecule has 0 amide bonds. The summed E-state index contributed by atoms with van der Waals surface area (Å²) in [5, 5.41) is 25.5. The normalized spacial score (nSPS) is 24.7. The van der Waals surface area contributed by atoms with Crippen LogP contribution in [0.1, 0.15) is 38.7 Å². The molecular weight excluding hydrogens is 228 g/mol. The molecule has 0 aromatic heterocycles. The topological polar surface area (TPSA) is 56.1 Å². The summed E-state index contributed by atoms with van der Waals surface area (Å²) in [6, 6.07) is 5.40. The van der Waals surface area contributed by atoms with Crippen LogP contribution in [0.4, 0.5) is 0 Å². The van der Waals surface area contributed by atoms with Crippen LogP contribution in [0.5, 0.6) is 11.5 Å². The number of hydrogen-bond acceptors (Lipinski definition) is 4. The quantitative estimate of drug-likeness (QED) is 0.791. The molecule has 2 rings (SSSR count). The summed E-state index contributed by atoms with van der Waals surface area (Å²) in [6.45, 7) is 4.34. The number of nitrogens with zero attached hydrogens (tertiary/aromatic N) is 2. The number of rotatable bonds is 2. The van der Waals surface area contributed by atoms with Crippen LogP contribution in [0, 0.1) is 0 Å². The lowest BCUT2D eigenvalue weighted by molar-refractivity contribution is 0.109. The Hall–Kier alpha value is -1.71. The molecule has 98 valence electrons. The van der Waals surface area contributed by atoms with E-state index in [2.05, 4.69) is 24.0 Å². The second-order valence-electron chi connectivity index (χ2n) is 5.00. The van der Waals surface area contributed by atoms with Crippen molar-refractivity contribution in [1.29, 1.82) is 0 Å². The molecule has 4 nitrogen and oxygen atoms in total. The lowest BCUT2D eigenvalue weighted by Gasteiger charge is -2.36. The lowest BCUT2D eigenvalue weighted by Crippen LogP contribution is -2.39. The molecule has 0 spiro atoms. The van der Waals surface area contributed by atoms with Gasteiger partial charge in [-0.15, -0.1) is 0 Å². The average molecular weight is 248 g/mol. The van der Waals surface area contributed by atoms with Crippen molar-refractivity contribution >= 4 is 6.21 Å². The summed E-state index contributed by atoms with van der Waals surface area (Å²) >= 11 is 0. The minimum atomic E-state index is 0.0519. The maximum Gasteiger partial charge on any atom is 0.128 e. The van der Waals surface area contributed by atoms with E-state index in [0.29, 0.717) is 17.6 Å². The molecule has 1 fully saturated rings. The third kappa shape index (κ3) is 2.75. The molecule has 0 radical (unpaired) electrons. The fraction of sp³-hybridized carbons (Fsp3) is 0.500. The Morgan fingerprint density at radius 2 is 1.89 bits per heavy atom. The maximum absolute atomic E-state index is 9.68. The van der Waals surface area contributed by atoms with E-state index in [1.807, 2.05) is 0 Å². The second kappa shape index (κ2) is 5.29. The minimum absolute atomic E-state index is 0.0519. The van der Waals surface area contributed by atoms with Crippen molar-refractivity contribution in [1.82, 2.24) is 5.01 Å². The maximum atomic E-state index is 9.68. The number of benzene rings is 1. The first-order chi connectivity index (χ1) is 8.58. The van der Waals surface area contributed by atoms with Crippen molar-refractivity contribution < 1.29 is 10.2 Å². The fourth-order valence-electron chi connectivity index (χ4n) is 2.41. The zero-order valence-electron chi connectivity index (χ0n) is 10.9. The highest BCUT2D eigenvalue weighted by Gasteiger charge is 2.22. The zero-order valence-corrected chi connectivity index (χ0v) is 10.9. The first kappa shape index (κ1) is 12.7. The van der Waals surface area contributed by atoms with Gasteiger partial charge in [-0.3, -0.25) is 5.01 Å². The highest BCUT2D eigenvalue weighted by Crippen LogP contribution is 2.24. The Morgan fingerprint density at radius 3 is 2.50 bits per heavy atom. The highest BCUT2D eigenvalue weighted by atomic mass is 16.3. The molecule has 1 aromatic rings. The van der Waals surface area contributed by atoms with E-state index in [4.69, 9.17) is 0 Å². The van der Waals surface area contributed by atoms with Gasteiger partial charge in [0.25, 0.3) is 0 Å². The van der Waals surface area contributed by atoms with Gasteiger partial charge in [0.2, 0.25) is 0 Å². The van der Waals surface area contributed by atoms with Gasteiger partial charge in [0.15, 0.2) is 0 Å². The largest absolute Gasteiger partial charge is 0.508 e. The van der Waals surface area contributed by atoms with E-state index >= 15 is 0 Å². The van der Waals surface area contributed by atoms with Crippen molar-refractivity contribution in [2.45, 2.75) is 45.2 Å². The predicted molar refractivity (Wildman–Crippen MR) is 72.0 cm³/mol. The summed E-state index contributed by atoms with van der Waals surface area (Å²) in [6.07, 6.45) is 5.22. The van der Waals surface area contributed by atoms with Crippen LogP contribution in [0.2, 0.25) is 0 Å². The molecule has 0 aliphatic carbocycles. The van der Waals surface area contributed by atoms with Crippen LogP contribution in [0.3, 0.4) is 0 Å². The van der Waals surface area contributed by atoms with E-state index in [1.165, 1.54) is 12.5 Å². The van der Waals surface area contributed by atoms with Crippen molar-refractivity contribution in [3.8, 4) is 11.5 Å². The van der Waals surface area contributed by atoms with Gasteiger partial charge in [0.05, 0.1) is 6.21 Å². The SMILES string of the molecule is C[C@@H]1CCC[C@H](C)N1/N=C/c1ccc(O)cc1O. The third-order valence-corrected chi connectivity index (χ3v) is 3.49. The van der Waals surface area contributed by atoms with Crippen LogP contribution in [0.15, 0.2) is 23.3 Å². The van der Waals surface area contributed by atoms with Crippen molar-refractivity contribution in [2.75, 3.05) is 0 Å². The van der Waals surface area contributed by atoms with Crippen LogP contribution in [-0.4, -0.2) is 33.5 Å². The Morgan fingerprint density at radius 1 is 1.22 bits per heavy atom. The van der Waals surface area contributed by atoms with Crippen LogP contribution < -0.4 is 0 Å². The monoisotopic (exact) mass is 248 g/mol. The van der Waals surface area contributed by atoms with Crippen LogP contribution in [-0.2, 0) is 0 Å². The standard InChI is InChI=1S/C14H20N2O2/c1-10-4-3-5-11(2)16(10)15-9-12-6-7-13(17)8-14(12)18/h6-11,17-18H,3-5H2,1-2H3/b15-9+/t10-,11+. The van der Waals surface area contributed by atoms with Gasteiger partial charge in [-0.05, 0) is 45.2 Å². The van der Waals surface area contributed by atoms with Gasteiger partial charge in [0.1, 0.15) is 11.5 Å². The molecule has 1 aliphatic heterocycles. The molecule has 0 bridgehead atoms. The Kier molecular flexibility index (Phi) is 3.75. The summed E-state index contributed by atoms with van der Waals surface area (Å²) in [5.74, 6) is 0.112. The van der Waals surface area contributed by atoms with Crippen molar-refractivity contribution in [3.63, 3.8) is 0 Å². The van der Waals surface area contributed by atoms with Gasteiger partial charge >= 0.3 is 0 Å². The molecule has 0 saturated carbocycles. The van der Waals surface area contributed by atoms with E-state index in [1.54, 1.807) is 18.3 Å². The molecule has 1 aromatic carbocycles. The van der Waals surface area contributed by atoms with Gasteiger partial charge in [0, 0.05) is 23.7 Å². The molecule has 0 unspecified atom stereocenters. The van der Waals surface area contributed by atoms with E-state index < -0.39 is 0 Å². The molecule has 1 aliphatic rings. The number of piperidine rings is 1. The summed E-state index contributed by atoms with van der Waals surface area (Å²) in [4.78, 5) is 0. The first-order valence-electron chi connectivity index (χ1n) is 6.42. The number of hydrazone groups is 1.